The van der Waals surface area contributed by atoms with Gasteiger partial charge in [-0.15, -0.1) is 0 Å². The molecule has 2 aliphatic heterocycles. The molecule has 1 amide bonds. The van der Waals surface area contributed by atoms with E-state index in [0.29, 0.717) is 13.2 Å². The van der Waals surface area contributed by atoms with Crippen LogP contribution in [0.2, 0.25) is 0 Å². The highest BCUT2D eigenvalue weighted by molar-refractivity contribution is 5.82. The number of aromatic nitrogens is 1. The normalized spacial score (nSPS) is 19.9. The van der Waals surface area contributed by atoms with E-state index in [1.165, 1.54) is 4.57 Å². The predicted octanol–water partition coefficient (Wildman–Crippen LogP) is 0.277. The second kappa shape index (κ2) is 17.2. The Morgan fingerprint density at radius 1 is 1.26 bits per heavy atom. The van der Waals surface area contributed by atoms with Gasteiger partial charge in [-0.1, -0.05) is 33.1 Å². The van der Waals surface area contributed by atoms with Gasteiger partial charge in [-0.05, 0) is 50.7 Å². The molecule has 1 aromatic rings. The Bertz CT molecular complexity index is 775. The minimum absolute atomic E-state index is 0.0388. The highest BCUT2D eigenvalue weighted by atomic mass is 16.5. The van der Waals surface area contributed by atoms with Crippen LogP contribution >= 0.6 is 0 Å². The van der Waals surface area contributed by atoms with E-state index in [2.05, 4.69) is 23.8 Å². The molecule has 2 aliphatic rings. The molecule has 2 atom stereocenters. The third-order valence-electron chi connectivity index (χ3n) is 4.56. The number of carbonyl (C=O) groups is 3. The van der Waals surface area contributed by atoms with Crippen molar-refractivity contribution < 1.29 is 19.1 Å². The molecule has 2 saturated heterocycles. The Labute approximate surface area is 185 Å². The van der Waals surface area contributed by atoms with Crippen LogP contribution in [0.1, 0.15) is 33.1 Å². The fourth-order valence-corrected chi connectivity index (χ4v) is 3.06. The van der Waals surface area contributed by atoms with Crippen molar-refractivity contribution >= 4 is 31.3 Å². The number of amides is 1. The number of nitrogens with zero attached hydrogens (tertiary/aromatic N) is 2. The first-order valence-corrected chi connectivity index (χ1v) is 10.6. The number of hydrogen-bond donors (Lipinski definition) is 2. The molecule has 3 heterocycles. The summed E-state index contributed by atoms with van der Waals surface area (Å²) in [6.45, 7) is 13.3. The van der Waals surface area contributed by atoms with E-state index in [1.807, 2.05) is 25.8 Å². The van der Waals surface area contributed by atoms with Gasteiger partial charge in [0.15, 0.2) is 0 Å². The number of aldehydes is 1. The van der Waals surface area contributed by atoms with Gasteiger partial charge in [0.2, 0.25) is 12.3 Å². The third-order valence-corrected chi connectivity index (χ3v) is 4.56. The summed E-state index contributed by atoms with van der Waals surface area (Å²) in [6.07, 6.45) is 9.54. The molecule has 0 aromatic carbocycles. The predicted molar refractivity (Wildman–Crippen MR) is 126 cm³/mol. The van der Waals surface area contributed by atoms with E-state index in [1.54, 1.807) is 31.5 Å². The zero-order valence-corrected chi connectivity index (χ0v) is 19.3. The fourth-order valence-electron chi connectivity index (χ4n) is 3.06. The Hall–Kier alpha value is -2.55. The topological polar surface area (TPSA) is 92.7 Å². The molecule has 3 rings (SSSR count). The second-order valence-electron chi connectivity index (χ2n) is 6.49. The van der Waals surface area contributed by atoms with E-state index in [4.69, 9.17) is 4.74 Å². The molecular weight excluding hydrogens is 396 g/mol. The summed E-state index contributed by atoms with van der Waals surface area (Å²) in [5, 5.41) is 7.30. The van der Waals surface area contributed by atoms with Crippen molar-refractivity contribution in [2.24, 2.45) is 0 Å². The summed E-state index contributed by atoms with van der Waals surface area (Å²) < 4.78 is 7.06. The van der Waals surface area contributed by atoms with Crippen molar-refractivity contribution in [2.45, 2.75) is 45.4 Å². The summed E-state index contributed by atoms with van der Waals surface area (Å²) in [5.41, 5.74) is 0. The van der Waals surface area contributed by atoms with Gasteiger partial charge in [0.1, 0.15) is 12.5 Å². The summed E-state index contributed by atoms with van der Waals surface area (Å²) in [4.78, 5) is 33.4. The number of carbonyl (C=O) groups excluding carboxylic acids is 3. The molecule has 1 aromatic heterocycles. The minimum Gasteiger partial charge on any atom is -0.358 e. The number of ether oxygens (including phenoxy) is 1. The van der Waals surface area contributed by atoms with Gasteiger partial charge in [0.25, 0.3) is 0 Å². The molecule has 2 unspecified atom stereocenters. The van der Waals surface area contributed by atoms with Crippen molar-refractivity contribution in [1.82, 2.24) is 20.1 Å². The highest BCUT2D eigenvalue weighted by Crippen LogP contribution is 2.22. The molecule has 8 nitrogen and oxygen atoms in total. The number of hydrogen-bond acceptors (Lipinski definition) is 6. The van der Waals surface area contributed by atoms with Crippen LogP contribution in [0.4, 0.5) is 0 Å². The van der Waals surface area contributed by atoms with Gasteiger partial charge in [0, 0.05) is 12.7 Å². The van der Waals surface area contributed by atoms with Crippen molar-refractivity contribution in [2.75, 3.05) is 33.8 Å². The van der Waals surface area contributed by atoms with Gasteiger partial charge in [0.05, 0.1) is 24.5 Å². The number of fused-ring (bicyclic) bond motifs is 1. The van der Waals surface area contributed by atoms with E-state index in [9.17, 15) is 14.4 Å². The van der Waals surface area contributed by atoms with Crippen LogP contribution in [0.15, 0.2) is 24.9 Å². The molecule has 0 bridgehead atoms. The van der Waals surface area contributed by atoms with Crippen LogP contribution < -0.4 is 21.2 Å². The van der Waals surface area contributed by atoms with Gasteiger partial charge >= 0.3 is 0 Å². The maximum atomic E-state index is 11.8. The molecule has 174 valence electrons. The third kappa shape index (κ3) is 9.42. The van der Waals surface area contributed by atoms with Gasteiger partial charge < -0.3 is 25.1 Å². The van der Waals surface area contributed by atoms with Crippen molar-refractivity contribution in [3.63, 3.8) is 0 Å². The minimum atomic E-state index is -0.0388. The lowest BCUT2D eigenvalue weighted by atomic mass is 10.2. The zero-order valence-electron chi connectivity index (χ0n) is 19.3. The number of allylic oxidation sites excluding steroid dienone is 1. The maximum Gasteiger partial charge on any atom is 0.241 e. The van der Waals surface area contributed by atoms with Crippen LogP contribution in [0, 0.1) is 0 Å². The lowest BCUT2D eigenvalue weighted by molar-refractivity contribution is -0.139. The van der Waals surface area contributed by atoms with Gasteiger partial charge in [-0.3, -0.25) is 14.2 Å². The fraction of sp³-hybridized carbons (Fsp3) is 0.522. The smallest absolute Gasteiger partial charge is 0.241 e. The van der Waals surface area contributed by atoms with Gasteiger partial charge in [-0.2, -0.15) is 0 Å². The highest BCUT2D eigenvalue weighted by Gasteiger charge is 2.35. The first-order chi connectivity index (χ1) is 15.0. The van der Waals surface area contributed by atoms with E-state index in [0.717, 1.165) is 49.1 Å². The van der Waals surface area contributed by atoms with Crippen LogP contribution in [-0.2, 0) is 19.1 Å². The lowest BCUT2D eigenvalue weighted by Crippen LogP contribution is -2.45. The van der Waals surface area contributed by atoms with E-state index < -0.39 is 0 Å². The molecule has 2 fully saturated rings. The molecule has 8 heteroatoms. The van der Waals surface area contributed by atoms with Crippen molar-refractivity contribution in [3.05, 3.63) is 35.5 Å². The van der Waals surface area contributed by atoms with Crippen LogP contribution in [0.3, 0.4) is 0 Å². The largest absolute Gasteiger partial charge is 0.358 e. The second-order valence-corrected chi connectivity index (χ2v) is 6.49. The van der Waals surface area contributed by atoms with Crippen molar-refractivity contribution in [1.29, 1.82) is 0 Å². The lowest BCUT2D eigenvalue weighted by Gasteiger charge is -2.23. The SMILES string of the molecule is C=C/C=c1\c(=C)ccn1C=O.CC.CNC1CCOC2CCCN2C1=O.CNCC=O. The van der Waals surface area contributed by atoms with Crippen LogP contribution in [0.5, 0.6) is 0 Å². The summed E-state index contributed by atoms with van der Waals surface area (Å²) >= 11 is 0. The zero-order chi connectivity index (χ0) is 23.6. The van der Waals surface area contributed by atoms with E-state index >= 15 is 0 Å². The van der Waals surface area contributed by atoms with Gasteiger partial charge in [-0.25, -0.2) is 0 Å². The first-order valence-electron chi connectivity index (χ1n) is 10.6. The molecule has 0 aliphatic carbocycles. The first kappa shape index (κ1) is 28.5. The molecule has 31 heavy (non-hydrogen) atoms. The maximum absolute atomic E-state index is 11.8. The average Bonchev–Trinajstić information content (AvgIpc) is 3.37. The standard InChI is InChI=1S/C9H16N2O2.C9H9NO.C3H7NO.C2H6/c1-10-7-4-6-13-8-3-2-5-11(8)9(7)12;1-3-4-9-8(2)5-6-10(9)7-11;1-4-2-3-5;1-2/h7-8,10H,2-6H2,1H3;3-7H,1-2H2;3-4H,2H2,1H3;1-2H3/b;9-4+;;. The molecule has 0 spiro atoms. The summed E-state index contributed by atoms with van der Waals surface area (Å²) in [7, 11) is 3.56. The Kier molecular flexibility index (Phi) is 15.8. The van der Waals surface area contributed by atoms with Crippen molar-refractivity contribution in [3.8, 4) is 0 Å². The number of nitrogens with one attached hydrogen (secondary N) is 2. The number of likely N-dealkylation sites (N-methyl/N-ethyl adjacent to an activating group) is 2. The number of rotatable bonds is 5. The molecule has 2 N–H and O–H groups in total. The van der Waals surface area contributed by atoms with Crippen LogP contribution in [-0.4, -0.2) is 74.1 Å². The summed E-state index contributed by atoms with van der Waals surface area (Å²) in [6, 6.07) is 1.74. The Morgan fingerprint density at radius 3 is 2.48 bits per heavy atom. The Balaban J connectivity index is 0.000000455. The van der Waals surface area contributed by atoms with Crippen LogP contribution in [0.25, 0.3) is 12.7 Å². The average molecular weight is 435 g/mol. The monoisotopic (exact) mass is 434 g/mol. The molecule has 0 radical (unpaired) electrons. The Morgan fingerprint density at radius 2 is 1.97 bits per heavy atom. The quantitative estimate of drug-likeness (QED) is 0.647. The molecule has 0 saturated carbocycles. The van der Waals surface area contributed by atoms with E-state index in [-0.39, 0.29) is 18.2 Å². The molecular formula is C23H38N4O4. The summed E-state index contributed by atoms with van der Waals surface area (Å²) in [5.74, 6) is 0.211.